The predicted molar refractivity (Wildman–Crippen MR) is 155 cm³/mol. The first-order valence-electron chi connectivity index (χ1n) is 13.2. The van der Waals surface area contributed by atoms with Crippen LogP contribution in [0.25, 0.3) is 6.08 Å². The number of carbonyl (C=O) groups is 1. The molecule has 0 aromatic heterocycles. The van der Waals surface area contributed by atoms with Gasteiger partial charge in [-0.2, -0.15) is 5.10 Å². The van der Waals surface area contributed by atoms with Gasteiger partial charge in [0.2, 0.25) is 10.0 Å². The zero-order valence-corrected chi connectivity index (χ0v) is 23.9. The summed E-state index contributed by atoms with van der Waals surface area (Å²) < 4.78 is 36.9. The summed E-state index contributed by atoms with van der Waals surface area (Å²) in [7, 11) is 2.62. The number of methoxy groups -OCH3 is 2. The van der Waals surface area contributed by atoms with Crippen molar-refractivity contribution in [1.82, 2.24) is 9.31 Å². The zero-order valence-electron chi connectivity index (χ0n) is 23.1. The molecule has 0 N–H and O–H groups in total. The normalized spacial score (nSPS) is 19.9. The molecule has 1 aliphatic carbocycles. The number of nitrogens with zero attached hydrogens (tertiary/aromatic N) is 3. The lowest BCUT2D eigenvalue weighted by molar-refractivity contribution is 0.0680. The van der Waals surface area contributed by atoms with Crippen LogP contribution in [0, 0.1) is 5.92 Å². The fourth-order valence-corrected chi connectivity index (χ4v) is 6.22. The summed E-state index contributed by atoms with van der Waals surface area (Å²) >= 11 is 0. The van der Waals surface area contributed by atoms with Gasteiger partial charge in [-0.25, -0.2) is 17.7 Å². The number of sulfonamides is 1. The summed E-state index contributed by atoms with van der Waals surface area (Å²) in [6.45, 7) is 0. The van der Waals surface area contributed by atoms with Crippen molar-refractivity contribution in [2.75, 3.05) is 28.3 Å². The van der Waals surface area contributed by atoms with Gasteiger partial charge in [0.05, 0.1) is 30.9 Å². The Morgan fingerprint density at radius 2 is 1.52 bits per heavy atom. The third-order valence-corrected chi connectivity index (χ3v) is 9.33. The molecule has 1 amide bonds. The lowest BCUT2D eigenvalue weighted by Crippen LogP contribution is -2.32. The molecule has 5 rings (SSSR count). The van der Waals surface area contributed by atoms with Crippen LogP contribution in [0.3, 0.4) is 0 Å². The summed E-state index contributed by atoms with van der Waals surface area (Å²) in [6, 6.07) is 21.4. The summed E-state index contributed by atoms with van der Waals surface area (Å²) in [5.41, 5.74) is 4.42. The SMILES string of the molecule is COc1ccc(/C=C2/CCC[C@H]3C2=NN(C(=O)c2ccc(S(=O)(=O)N(C)C)cc2)[C@H]3c2ccc(OC)cc2)cc1. The van der Waals surface area contributed by atoms with Gasteiger partial charge in [0.1, 0.15) is 11.5 Å². The molecule has 1 aliphatic heterocycles. The molecule has 208 valence electrons. The van der Waals surface area contributed by atoms with E-state index in [2.05, 4.69) is 6.08 Å². The first kappa shape index (κ1) is 27.6. The Bertz CT molecular complexity index is 1540. The molecule has 8 nitrogen and oxygen atoms in total. The largest absolute Gasteiger partial charge is 0.497 e. The standard InChI is InChI=1S/C31H33N3O5S/c1-33(2)40(36,37)27-18-12-23(13-19-27)31(35)34-30(22-10-16-26(39-4)17-11-22)28-7-5-6-24(29(28)32-34)20-21-8-14-25(38-3)15-9-21/h8-20,28,30H,5-7H2,1-4H3/b24-20-/t28-,30-/m0/s1. The smallest absolute Gasteiger partial charge is 0.274 e. The van der Waals surface area contributed by atoms with E-state index in [-0.39, 0.29) is 22.8 Å². The Morgan fingerprint density at radius 3 is 2.10 bits per heavy atom. The third-order valence-electron chi connectivity index (χ3n) is 7.50. The molecule has 1 fully saturated rings. The second-order valence-corrected chi connectivity index (χ2v) is 12.3. The first-order chi connectivity index (χ1) is 19.2. The highest BCUT2D eigenvalue weighted by molar-refractivity contribution is 7.89. The Hall–Kier alpha value is -3.95. The monoisotopic (exact) mass is 559 g/mol. The number of hydrogen-bond acceptors (Lipinski definition) is 6. The average Bonchev–Trinajstić information content (AvgIpc) is 3.38. The maximum Gasteiger partial charge on any atom is 0.274 e. The molecular formula is C31H33N3O5S. The van der Waals surface area contributed by atoms with Crippen molar-refractivity contribution in [3.63, 3.8) is 0 Å². The third kappa shape index (κ3) is 5.26. The molecule has 1 saturated carbocycles. The highest BCUT2D eigenvalue weighted by atomic mass is 32.2. The Balaban J connectivity index is 1.53. The lowest BCUT2D eigenvalue weighted by atomic mass is 9.77. The van der Waals surface area contributed by atoms with Crippen molar-refractivity contribution in [3.8, 4) is 11.5 Å². The van der Waals surface area contributed by atoms with Gasteiger partial charge >= 0.3 is 0 Å². The van der Waals surface area contributed by atoms with E-state index < -0.39 is 10.0 Å². The minimum Gasteiger partial charge on any atom is -0.497 e. The molecule has 3 aromatic rings. The van der Waals surface area contributed by atoms with E-state index in [0.717, 1.165) is 57.5 Å². The zero-order chi connectivity index (χ0) is 28.4. The van der Waals surface area contributed by atoms with Crippen LogP contribution in [0.5, 0.6) is 11.5 Å². The van der Waals surface area contributed by atoms with Crippen LogP contribution in [0.15, 0.2) is 88.4 Å². The number of rotatable bonds is 7. The van der Waals surface area contributed by atoms with Crippen molar-refractivity contribution < 1.29 is 22.7 Å². The minimum atomic E-state index is -3.60. The van der Waals surface area contributed by atoms with Crippen molar-refractivity contribution in [2.24, 2.45) is 11.0 Å². The molecule has 2 aliphatic rings. The van der Waals surface area contributed by atoms with Crippen LogP contribution in [0.2, 0.25) is 0 Å². The molecule has 2 atom stereocenters. The fraction of sp³-hybridized carbons (Fsp3) is 0.290. The van der Waals surface area contributed by atoms with E-state index in [4.69, 9.17) is 14.6 Å². The molecule has 9 heteroatoms. The lowest BCUT2D eigenvalue weighted by Gasteiger charge is -2.29. The molecule has 0 saturated heterocycles. The number of allylic oxidation sites excluding steroid dienone is 1. The maximum absolute atomic E-state index is 13.9. The van der Waals surface area contributed by atoms with E-state index in [0.29, 0.717) is 5.56 Å². The van der Waals surface area contributed by atoms with Crippen LogP contribution in [-0.2, 0) is 10.0 Å². The van der Waals surface area contributed by atoms with Crippen LogP contribution in [0.4, 0.5) is 0 Å². The molecule has 40 heavy (non-hydrogen) atoms. The molecule has 0 bridgehead atoms. The van der Waals surface area contributed by atoms with Gasteiger partial charge in [0.15, 0.2) is 0 Å². The van der Waals surface area contributed by atoms with Gasteiger partial charge in [-0.15, -0.1) is 0 Å². The number of hydrogen-bond donors (Lipinski definition) is 0. The number of hydrazone groups is 1. The van der Waals surface area contributed by atoms with Gasteiger partial charge < -0.3 is 9.47 Å². The Kier molecular flexibility index (Phi) is 7.78. The summed E-state index contributed by atoms with van der Waals surface area (Å²) in [5, 5.41) is 6.52. The van der Waals surface area contributed by atoms with Crippen LogP contribution in [0.1, 0.15) is 46.8 Å². The van der Waals surface area contributed by atoms with Crippen molar-refractivity contribution in [3.05, 3.63) is 95.1 Å². The topological polar surface area (TPSA) is 88.5 Å². The number of amides is 1. The molecule has 0 unspecified atom stereocenters. The van der Waals surface area contributed by atoms with E-state index in [1.807, 2.05) is 48.5 Å². The summed E-state index contributed by atoms with van der Waals surface area (Å²) in [6.07, 6.45) is 4.90. The van der Waals surface area contributed by atoms with Crippen molar-refractivity contribution in [2.45, 2.75) is 30.2 Å². The molecule has 0 radical (unpaired) electrons. The van der Waals surface area contributed by atoms with E-state index in [9.17, 15) is 13.2 Å². The van der Waals surface area contributed by atoms with Gasteiger partial charge in [-0.3, -0.25) is 4.79 Å². The quantitative estimate of drug-likeness (QED) is 0.387. The summed E-state index contributed by atoms with van der Waals surface area (Å²) in [5.74, 6) is 1.29. The molecule has 0 spiro atoms. The highest BCUT2D eigenvalue weighted by Crippen LogP contribution is 2.45. The second kappa shape index (κ2) is 11.3. The minimum absolute atomic E-state index is 0.0315. The number of carbonyl (C=O) groups excluding carboxylic acids is 1. The first-order valence-corrected chi connectivity index (χ1v) is 14.6. The number of ether oxygens (including phenoxy) is 2. The Labute approximate surface area is 235 Å². The van der Waals surface area contributed by atoms with E-state index in [1.54, 1.807) is 31.4 Å². The van der Waals surface area contributed by atoms with E-state index >= 15 is 0 Å². The molecule has 3 aromatic carbocycles. The predicted octanol–water partition coefficient (Wildman–Crippen LogP) is 5.39. The van der Waals surface area contributed by atoms with Gasteiger partial charge in [0, 0.05) is 25.6 Å². The van der Waals surface area contributed by atoms with Crippen LogP contribution < -0.4 is 9.47 Å². The van der Waals surface area contributed by atoms with Crippen molar-refractivity contribution in [1.29, 1.82) is 0 Å². The average molecular weight is 560 g/mol. The molecule has 1 heterocycles. The van der Waals surface area contributed by atoms with Crippen molar-refractivity contribution >= 4 is 27.7 Å². The fourth-order valence-electron chi connectivity index (χ4n) is 5.32. The van der Waals surface area contributed by atoms with Gasteiger partial charge in [0.25, 0.3) is 5.91 Å². The number of benzene rings is 3. The highest BCUT2D eigenvalue weighted by Gasteiger charge is 2.44. The van der Waals surface area contributed by atoms with Crippen LogP contribution >= 0.6 is 0 Å². The number of fused-ring (bicyclic) bond motifs is 1. The Morgan fingerprint density at radius 1 is 0.925 bits per heavy atom. The second-order valence-electron chi connectivity index (χ2n) is 10.1. The van der Waals surface area contributed by atoms with E-state index in [1.165, 1.54) is 26.2 Å². The molecular weight excluding hydrogens is 526 g/mol. The maximum atomic E-state index is 13.9. The summed E-state index contributed by atoms with van der Waals surface area (Å²) in [4.78, 5) is 14.1. The van der Waals surface area contributed by atoms with Crippen LogP contribution in [-0.4, -0.2) is 57.7 Å². The van der Waals surface area contributed by atoms with Gasteiger partial charge in [-0.1, -0.05) is 24.3 Å². The van der Waals surface area contributed by atoms with Gasteiger partial charge in [-0.05, 0) is 90.6 Å².